The van der Waals surface area contributed by atoms with E-state index in [1.807, 2.05) is 42.5 Å². The molecular weight excluding hydrogens is 356 g/mol. The van der Waals surface area contributed by atoms with Crippen molar-refractivity contribution in [3.05, 3.63) is 83.4 Å². The Morgan fingerprint density at radius 1 is 0.586 bits per heavy atom. The maximum absolute atomic E-state index is 10.4. The van der Waals surface area contributed by atoms with Gasteiger partial charge in [-0.05, 0) is 52.1 Å². The molecule has 0 atom stereocenters. The Kier molecular flexibility index (Phi) is 6.79. The molecular formula is C27H34O2. The first-order valence-corrected chi connectivity index (χ1v) is 10.1. The standard InChI is InChI=1S/C15H24O.C12H10O/c1-10-8-11(14(2,3)4)13(16)12(9-10)15(5,6)7;13-12-8-6-11(7-9-12)10-4-2-1-3-5-10/h8-9,16H,1-7H3;1-9,13H. The molecule has 0 fully saturated rings. The average molecular weight is 391 g/mol. The molecule has 2 heteroatoms. The van der Waals surface area contributed by atoms with Crippen molar-refractivity contribution in [2.75, 3.05) is 0 Å². The summed E-state index contributed by atoms with van der Waals surface area (Å²) in [6, 6.07) is 21.5. The third-order valence-electron chi connectivity index (χ3n) is 4.84. The van der Waals surface area contributed by atoms with Crippen molar-refractivity contribution >= 4 is 0 Å². The van der Waals surface area contributed by atoms with Crippen LogP contribution in [0.15, 0.2) is 66.7 Å². The molecule has 0 saturated heterocycles. The van der Waals surface area contributed by atoms with Gasteiger partial charge in [-0.1, -0.05) is 102 Å². The molecule has 2 nitrogen and oxygen atoms in total. The van der Waals surface area contributed by atoms with Gasteiger partial charge in [0, 0.05) is 0 Å². The molecule has 0 amide bonds. The summed E-state index contributed by atoms with van der Waals surface area (Å²) in [5, 5.41) is 19.5. The maximum atomic E-state index is 10.4. The maximum Gasteiger partial charge on any atom is 0.123 e. The molecule has 2 N–H and O–H groups in total. The van der Waals surface area contributed by atoms with E-state index in [9.17, 15) is 5.11 Å². The minimum Gasteiger partial charge on any atom is -0.508 e. The minimum absolute atomic E-state index is 0.0178. The topological polar surface area (TPSA) is 40.5 Å². The second-order valence-electron chi connectivity index (χ2n) is 9.62. The van der Waals surface area contributed by atoms with E-state index in [4.69, 9.17) is 5.11 Å². The van der Waals surface area contributed by atoms with Crippen LogP contribution in [0.4, 0.5) is 0 Å². The van der Waals surface area contributed by atoms with Crippen LogP contribution in [-0.4, -0.2) is 10.2 Å². The molecule has 154 valence electrons. The second-order valence-corrected chi connectivity index (χ2v) is 9.62. The number of hydrogen-bond donors (Lipinski definition) is 2. The quantitative estimate of drug-likeness (QED) is 0.456. The summed E-state index contributed by atoms with van der Waals surface area (Å²) in [7, 11) is 0. The predicted molar refractivity (Wildman–Crippen MR) is 124 cm³/mol. The van der Waals surface area contributed by atoms with E-state index in [-0.39, 0.29) is 10.8 Å². The number of aromatic hydroxyl groups is 2. The lowest BCUT2D eigenvalue weighted by molar-refractivity contribution is 0.423. The Morgan fingerprint density at radius 3 is 1.41 bits per heavy atom. The van der Waals surface area contributed by atoms with Crippen LogP contribution >= 0.6 is 0 Å². The molecule has 3 aromatic carbocycles. The highest BCUT2D eigenvalue weighted by Crippen LogP contribution is 2.39. The number of aryl methyl sites for hydroxylation is 1. The highest BCUT2D eigenvalue weighted by molar-refractivity contribution is 5.63. The van der Waals surface area contributed by atoms with Gasteiger partial charge in [-0.3, -0.25) is 0 Å². The van der Waals surface area contributed by atoms with Gasteiger partial charge in [-0.2, -0.15) is 0 Å². The van der Waals surface area contributed by atoms with Crippen molar-refractivity contribution in [1.82, 2.24) is 0 Å². The molecule has 0 unspecified atom stereocenters. The van der Waals surface area contributed by atoms with Crippen LogP contribution in [0.3, 0.4) is 0 Å². The van der Waals surface area contributed by atoms with Crippen LogP contribution in [0.1, 0.15) is 58.2 Å². The van der Waals surface area contributed by atoms with E-state index in [0.29, 0.717) is 11.5 Å². The normalized spacial score (nSPS) is 11.6. The van der Waals surface area contributed by atoms with Gasteiger partial charge in [0.15, 0.2) is 0 Å². The van der Waals surface area contributed by atoms with E-state index in [2.05, 4.69) is 60.6 Å². The molecule has 0 aliphatic rings. The predicted octanol–water partition coefficient (Wildman–Crippen LogP) is 7.35. The number of phenols is 2. The second kappa shape index (κ2) is 8.73. The summed E-state index contributed by atoms with van der Waals surface area (Å²) in [4.78, 5) is 0. The molecule has 0 radical (unpaired) electrons. The van der Waals surface area contributed by atoms with Gasteiger partial charge in [0.1, 0.15) is 11.5 Å². The Labute approximate surface area is 175 Å². The molecule has 3 rings (SSSR count). The van der Waals surface area contributed by atoms with Crippen LogP contribution in [0.25, 0.3) is 11.1 Å². The van der Waals surface area contributed by atoms with Crippen LogP contribution in [-0.2, 0) is 10.8 Å². The monoisotopic (exact) mass is 390 g/mol. The minimum atomic E-state index is -0.0178. The Balaban J connectivity index is 0.000000211. The highest BCUT2D eigenvalue weighted by atomic mass is 16.3. The Morgan fingerprint density at radius 2 is 1.00 bits per heavy atom. The first-order chi connectivity index (χ1) is 13.4. The van der Waals surface area contributed by atoms with Gasteiger partial charge in [0.2, 0.25) is 0 Å². The summed E-state index contributed by atoms with van der Waals surface area (Å²) in [5.74, 6) is 0.769. The van der Waals surface area contributed by atoms with Gasteiger partial charge in [0.25, 0.3) is 0 Å². The summed E-state index contributed by atoms with van der Waals surface area (Å²) in [5.41, 5.74) is 5.55. The number of benzene rings is 3. The lowest BCUT2D eigenvalue weighted by Gasteiger charge is -2.27. The fourth-order valence-corrected chi connectivity index (χ4v) is 3.21. The lowest BCUT2D eigenvalue weighted by Crippen LogP contribution is -2.17. The van der Waals surface area contributed by atoms with E-state index < -0.39 is 0 Å². The summed E-state index contributed by atoms with van der Waals surface area (Å²) >= 11 is 0. The summed E-state index contributed by atoms with van der Waals surface area (Å²) in [6.07, 6.45) is 0. The van der Waals surface area contributed by atoms with E-state index in [1.54, 1.807) is 12.1 Å². The fourth-order valence-electron chi connectivity index (χ4n) is 3.21. The largest absolute Gasteiger partial charge is 0.508 e. The zero-order valence-electron chi connectivity index (χ0n) is 18.7. The lowest BCUT2D eigenvalue weighted by atomic mass is 9.78. The molecule has 0 aromatic heterocycles. The van der Waals surface area contributed by atoms with Crippen LogP contribution in [0.5, 0.6) is 11.5 Å². The zero-order valence-corrected chi connectivity index (χ0v) is 18.7. The van der Waals surface area contributed by atoms with Crippen molar-refractivity contribution < 1.29 is 10.2 Å². The molecule has 0 heterocycles. The molecule has 0 bridgehead atoms. The van der Waals surface area contributed by atoms with Gasteiger partial charge in [0.05, 0.1) is 0 Å². The number of phenolic OH excluding ortho intramolecular Hbond substituents is 2. The zero-order chi connectivity index (χ0) is 21.8. The van der Waals surface area contributed by atoms with E-state index in [1.165, 1.54) is 11.1 Å². The molecule has 0 aliphatic heterocycles. The van der Waals surface area contributed by atoms with E-state index in [0.717, 1.165) is 16.7 Å². The fraction of sp³-hybridized carbons (Fsp3) is 0.333. The van der Waals surface area contributed by atoms with Crippen LogP contribution in [0.2, 0.25) is 0 Å². The summed E-state index contributed by atoms with van der Waals surface area (Å²) < 4.78 is 0. The van der Waals surface area contributed by atoms with Crippen LogP contribution in [0, 0.1) is 6.92 Å². The third kappa shape index (κ3) is 6.12. The molecule has 0 saturated carbocycles. The number of rotatable bonds is 1. The SMILES string of the molecule is Cc1cc(C(C)(C)C)c(O)c(C(C)(C)C)c1.Oc1ccc(-c2ccccc2)cc1. The highest BCUT2D eigenvalue weighted by Gasteiger charge is 2.25. The average Bonchev–Trinajstić information content (AvgIpc) is 2.63. The molecule has 0 aliphatic carbocycles. The molecule has 0 spiro atoms. The molecule has 3 aromatic rings. The first-order valence-electron chi connectivity index (χ1n) is 10.1. The van der Waals surface area contributed by atoms with Crippen molar-refractivity contribution in [1.29, 1.82) is 0 Å². The van der Waals surface area contributed by atoms with Gasteiger partial charge in [-0.15, -0.1) is 0 Å². The van der Waals surface area contributed by atoms with Gasteiger partial charge in [-0.25, -0.2) is 0 Å². The van der Waals surface area contributed by atoms with Crippen molar-refractivity contribution in [3.63, 3.8) is 0 Å². The molecule has 29 heavy (non-hydrogen) atoms. The Bertz CT molecular complexity index is 890. The third-order valence-corrected chi connectivity index (χ3v) is 4.84. The Hall–Kier alpha value is -2.74. The van der Waals surface area contributed by atoms with Crippen molar-refractivity contribution in [2.45, 2.75) is 59.3 Å². The first kappa shape index (κ1) is 22.5. The van der Waals surface area contributed by atoms with Gasteiger partial charge < -0.3 is 10.2 Å². The number of hydrogen-bond acceptors (Lipinski definition) is 2. The van der Waals surface area contributed by atoms with Gasteiger partial charge >= 0.3 is 0 Å². The smallest absolute Gasteiger partial charge is 0.123 e. The van der Waals surface area contributed by atoms with E-state index >= 15 is 0 Å². The van der Waals surface area contributed by atoms with Crippen LogP contribution < -0.4 is 0 Å². The van der Waals surface area contributed by atoms with Crippen molar-refractivity contribution in [2.24, 2.45) is 0 Å². The summed E-state index contributed by atoms with van der Waals surface area (Å²) in [6.45, 7) is 14.9. The van der Waals surface area contributed by atoms with Crippen molar-refractivity contribution in [3.8, 4) is 22.6 Å².